The fourth-order valence-corrected chi connectivity index (χ4v) is 2.26. The summed E-state index contributed by atoms with van der Waals surface area (Å²) in [6.45, 7) is 2.64. The molecule has 88 valence electrons. The molecule has 0 aromatic heterocycles. The molecule has 3 heteroatoms. The summed E-state index contributed by atoms with van der Waals surface area (Å²) >= 11 is 6.85. The molecule has 0 unspecified atom stereocenters. The first-order valence-corrected chi connectivity index (χ1v) is 6.87. The molecule has 0 saturated heterocycles. The Balaban J connectivity index is 2.04. The lowest BCUT2D eigenvalue weighted by Crippen LogP contribution is -1.96. The van der Waals surface area contributed by atoms with Gasteiger partial charge in [-0.05, 0) is 48.4 Å². The van der Waals surface area contributed by atoms with Crippen molar-refractivity contribution in [2.24, 2.45) is 0 Å². The molecule has 0 radical (unpaired) electrons. The smallest absolute Gasteiger partial charge is 0.122 e. The van der Waals surface area contributed by atoms with Gasteiger partial charge in [0.2, 0.25) is 0 Å². The van der Waals surface area contributed by atoms with Crippen LogP contribution in [0.15, 0.2) is 51.4 Å². The first-order chi connectivity index (χ1) is 8.15. The molecule has 0 bridgehead atoms. The van der Waals surface area contributed by atoms with Crippen molar-refractivity contribution in [2.75, 3.05) is 0 Å². The van der Waals surface area contributed by atoms with Gasteiger partial charge < -0.3 is 4.74 Å². The zero-order chi connectivity index (χ0) is 12.3. The maximum atomic E-state index is 5.78. The largest absolute Gasteiger partial charge is 0.489 e. The van der Waals surface area contributed by atoms with Gasteiger partial charge >= 0.3 is 0 Å². The Labute approximate surface area is 118 Å². The average Bonchev–Trinajstić information content (AvgIpc) is 2.30. The second-order valence-electron chi connectivity index (χ2n) is 3.82. The number of hydrogen-bond donors (Lipinski definition) is 0. The van der Waals surface area contributed by atoms with E-state index in [-0.39, 0.29) is 0 Å². The Morgan fingerprint density at radius 1 is 0.941 bits per heavy atom. The third-order valence-corrected chi connectivity index (χ3v) is 3.47. The van der Waals surface area contributed by atoms with Crippen molar-refractivity contribution in [1.82, 2.24) is 0 Å². The standard InChI is InChI=1S/C14H12Br2O/c1-10-8-13(16)6-7-14(10)17-9-11-2-4-12(15)5-3-11/h2-8H,9H2,1H3. The summed E-state index contributed by atoms with van der Waals surface area (Å²) in [6.07, 6.45) is 0. The van der Waals surface area contributed by atoms with Crippen LogP contribution in [0.2, 0.25) is 0 Å². The summed E-state index contributed by atoms with van der Waals surface area (Å²) < 4.78 is 7.94. The minimum atomic E-state index is 0.593. The van der Waals surface area contributed by atoms with E-state index in [9.17, 15) is 0 Å². The Kier molecular flexibility index (Phi) is 4.24. The predicted octanol–water partition coefficient (Wildman–Crippen LogP) is 5.10. The number of benzene rings is 2. The highest BCUT2D eigenvalue weighted by molar-refractivity contribution is 9.10. The zero-order valence-electron chi connectivity index (χ0n) is 9.41. The van der Waals surface area contributed by atoms with Gasteiger partial charge in [0, 0.05) is 8.95 Å². The summed E-state index contributed by atoms with van der Waals surface area (Å²) in [6, 6.07) is 14.2. The Morgan fingerprint density at radius 2 is 1.59 bits per heavy atom. The maximum Gasteiger partial charge on any atom is 0.122 e. The van der Waals surface area contributed by atoms with Gasteiger partial charge in [0.05, 0.1) is 0 Å². The molecule has 0 saturated carbocycles. The average molecular weight is 356 g/mol. The van der Waals surface area contributed by atoms with E-state index in [1.54, 1.807) is 0 Å². The number of ether oxygens (including phenoxy) is 1. The first-order valence-electron chi connectivity index (χ1n) is 5.28. The van der Waals surface area contributed by atoms with Crippen molar-refractivity contribution in [3.05, 3.63) is 62.5 Å². The van der Waals surface area contributed by atoms with E-state index < -0.39 is 0 Å². The van der Waals surface area contributed by atoms with Crippen LogP contribution < -0.4 is 4.74 Å². The Morgan fingerprint density at radius 3 is 2.24 bits per heavy atom. The topological polar surface area (TPSA) is 9.23 Å². The van der Waals surface area contributed by atoms with Crippen molar-refractivity contribution in [3.8, 4) is 5.75 Å². The quantitative estimate of drug-likeness (QED) is 0.744. The van der Waals surface area contributed by atoms with Crippen LogP contribution in [-0.2, 0) is 6.61 Å². The molecule has 1 nitrogen and oxygen atoms in total. The highest BCUT2D eigenvalue weighted by atomic mass is 79.9. The van der Waals surface area contributed by atoms with Crippen molar-refractivity contribution in [3.63, 3.8) is 0 Å². The first kappa shape index (κ1) is 12.7. The van der Waals surface area contributed by atoms with Crippen LogP contribution in [0.1, 0.15) is 11.1 Å². The minimum absolute atomic E-state index is 0.593. The van der Waals surface area contributed by atoms with Crippen LogP contribution in [0, 0.1) is 6.92 Å². The normalized spacial score (nSPS) is 10.3. The van der Waals surface area contributed by atoms with Crippen LogP contribution in [0.3, 0.4) is 0 Å². The van der Waals surface area contributed by atoms with Crippen molar-refractivity contribution in [2.45, 2.75) is 13.5 Å². The molecule has 17 heavy (non-hydrogen) atoms. The SMILES string of the molecule is Cc1cc(Br)ccc1OCc1ccc(Br)cc1. The van der Waals surface area contributed by atoms with E-state index in [0.29, 0.717) is 6.61 Å². The van der Waals surface area contributed by atoms with Crippen LogP contribution >= 0.6 is 31.9 Å². The van der Waals surface area contributed by atoms with Crippen LogP contribution in [-0.4, -0.2) is 0 Å². The summed E-state index contributed by atoms with van der Waals surface area (Å²) in [5.74, 6) is 0.927. The fourth-order valence-electron chi connectivity index (χ4n) is 1.52. The van der Waals surface area contributed by atoms with Crippen molar-refractivity contribution >= 4 is 31.9 Å². The third-order valence-electron chi connectivity index (χ3n) is 2.44. The molecular formula is C14H12Br2O. The van der Waals surface area contributed by atoms with Crippen LogP contribution in [0.4, 0.5) is 0 Å². The Hall–Kier alpha value is -0.800. The minimum Gasteiger partial charge on any atom is -0.489 e. The molecule has 2 aromatic carbocycles. The van der Waals surface area contributed by atoms with Gasteiger partial charge in [-0.25, -0.2) is 0 Å². The molecule has 2 aromatic rings. The molecule has 0 aliphatic carbocycles. The van der Waals surface area contributed by atoms with Crippen molar-refractivity contribution in [1.29, 1.82) is 0 Å². The lowest BCUT2D eigenvalue weighted by atomic mass is 10.2. The van der Waals surface area contributed by atoms with E-state index in [0.717, 1.165) is 25.8 Å². The summed E-state index contributed by atoms with van der Waals surface area (Å²) in [5, 5.41) is 0. The van der Waals surface area contributed by atoms with Gasteiger partial charge in [0.1, 0.15) is 12.4 Å². The number of halogens is 2. The van der Waals surface area contributed by atoms with Crippen LogP contribution in [0.5, 0.6) is 5.75 Å². The van der Waals surface area contributed by atoms with E-state index in [1.807, 2.05) is 31.2 Å². The lowest BCUT2D eigenvalue weighted by Gasteiger charge is -2.09. The second-order valence-corrected chi connectivity index (χ2v) is 5.66. The van der Waals surface area contributed by atoms with E-state index in [4.69, 9.17) is 4.74 Å². The van der Waals surface area contributed by atoms with Crippen molar-refractivity contribution < 1.29 is 4.74 Å². The molecular weight excluding hydrogens is 344 g/mol. The molecule has 0 heterocycles. The maximum absolute atomic E-state index is 5.78. The number of aryl methyl sites for hydroxylation is 1. The van der Waals surface area contributed by atoms with Gasteiger partial charge in [-0.3, -0.25) is 0 Å². The van der Waals surface area contributed by atoms with Gasteiger partial charge in [-0.15, -0.1) is 0 Å². The van der Waals surface area contributed by atoms with E-state index in [1.165, 1.54) is 0 Å². The monoisotopic (exact) mass is 354 g/mol. The number of rotatable bonds is 3. The molecule has 0 fully saturated rings. The second kappa shape index (κ2) is 5.69. The molecule has 0 N–H and O–H groups in total. The third kappa shape index (κ3) is 3.58. The van der Waals surface area contributed by atoms with E-state index >= 15 is 0 Å². The molecule has 2 rings (SSSR count). The highest BCUT2D eigenvalue weighted by Crippen LogP contribution is 2.23. The Bertz CT molecular complexity index is 506. The lowest BCUT2D eigenvalue weighted by molar-refractivity contribution is 0.304. The molecule has 0 amide bonds. The van der Waals surface area contributed by atoms with Gasteiger partial charge in [-0.2, -0.15) is 0 Å². The van der Waals surface area contributed by atoms with Crippen LogP contribution in [0.25, 0.3) is 0 Å². The van der Waals surface area contributed by atoms with Gasteiger partial charge in [0.25, 0.3) is 0 Å². The number of hydrogen-bond acceptors (Lipinski definition) is 1. The summed E-state index contributed by atoms with van der Waals surface area (Å²) in [7, 11) is 0. The zero-order valence-corrected chi connectivity index (χ0v) is 12.6. The van der Waals surface area contributed by atoms with E-state index in [2.05, 4.69) is 50.1 Å². The summed E-state index contributed by atoms with van der Waals surface area (Å²) in [4.78, 5) is 0. The highest BCUT2D eigenvalue weighted by Gasteiger charge is 2.00. The van der Waals surface area contributed by atoms with Gasteiger partial charge in [-0.1, -0.05) is 44.0 Å². The molecule has 0 atom stereocenters. The van der Waals surface area contributed by atoms with Gasteiger partial charge in [0.15, 0.2) is 0 Å². The molecule has 0 spiro atoms. The summed E-state index contributed by atoms with van der Waals surface area (Å²) in [5.41, 5.74) is 2.30. The predicted molar refractivity (Wildman–Crippen MR) is 77.4 cm³/mol. The fraction of sp³-hybridized carbons (Fsp3) is 0.143. The molecule has 0 aliphatic heterocycles. The molecule has 0 aliphatic rings.